The van der Waals surface area contributed by atoms with Crippen LogP contribution in [0.3, 0.4) is 0 Å². The Morgan fingerprint density at radius 2 is 2.04 bits per heavy atom. The second-order valence-electron chi connectivity index (χ2n) is 5.63. The number of nitrogens with zero attached hydrogens (tertiary/aromatic N) is 1. The molecule has 1 aliphatic rings. The number of hydrogen-bond donors (Lipinski definition) is 1. The van der Waals surface area contributed by atoms with E-state index in [1.807, 2.05) is 48.5 Å². The monoisotopic (exact) mass is 432 g/mol. The fraction of sp³-hybridized carbons (Fsp3) is 0.158. The summed E-state index contributed by atoms with van der Waals surface area (Å²) >= 11 is 10.8. The smallest absolute Gasteiger partial charge is 0.225 e. The summed E-state index contributed by atoms with van der Waals surface area (Å²) in [4.78, 5) is 12.2. The van der Waals surface area contributed by atoms with Crippen LogP contribution in [0.15, 0.2) is 63.6 Å². The molecule has 3 rings (SSSR count). The Morgan fingerprint density at radius 3 is 2.72 bits per heavy atom. The van der Waals surface area contributed by atoms with Gasteiger partial charge < -0.3 is 5.32 Å². The molecule has 25 heavy (non-hydrogen) atoms. The first kappa shape index (κ1) is 18.1. The van der Waals surface area contributed by atoms with Crippen molar-refractivity contribution in [3.05, 3.63) is 79.8 Å². The third-order valence-corrected chi connectivity index (χ3v) is 5.74. The van der Waals surface area contributed by atoms with Gasteiger partial charge in [-0.3, -0.25) is 4.79 Å². The number of benzene rings is 2. The molecule has 1 aliphatic heterocycles. The molecule has 2 aromatic rings. The van der Waals surface area contributed by atoms with E-state index >= 15 is 0 Å². The Kier molecular flexibility index (Phi) is 5.85. The predicted molar refractivity (Wildman–Crippen MR) is 105 cm³/mol. The van der Waals surface area contributed by atoms with Crippen LogP contribution in [-0.4, -0.2) is 5.91 Å². The topological polar surface area (TPSA) is 52.9 Å². The molecule has 1 N–H and O–H groups in total. The molecule has 1 heterocycles. The molecule has 0 spiro atoms. The average Bonchev–Trinajstić information content (AvgIpc) is 2.60. The SMILES string of the molecule is N#CC1=C(SCc2ccc(Cl)cc2)NC(=O)C[C@H]1c1cccc(Br)c1. The van der Waals surface area contributed by atoms with Crippen LogP contribution in [0.25, 0.3) is 0 Å². The molecule has 0 saturated heterocycles. The van der Waals surface area contributed by atoms with Gasteiger partial charge in [0, 0.05) is 27.6 Å². The standard InChI is InChI=1S/C19H14BrClN2OS/c20-14-3-1-2-13(8-14)16-9-18(24)23-19(17(16)10-22)25-11-12-4-6-15(21)7-5-12/h1-8,16H,9,11H2,(H,23,24)/t16-/m0/s1. The van der Waals surface area contributed by atoms with Gasteiger partial charge in [-0.05, 0) is 35.4 Å². The molecule has 0 aliphatic carbocycles. The van der Waals surface area contributed by atoms with E-state index in [9.17, 15) is 10.1 Å². The Hall–Kier alpha value is -1.74. The number of carbonyl (C=O) groups is 1. The van der Waals surface area contributed by atoms with Crippen LogP contribution in [0.4, 0.5) is 0 Å². The molecule has 1 amide bonds. The van der Waals surface area contributed by atoms with Gasteiger partial charge >= 0.3 is 0 Å². The molecule has 2 aromatic carbocycles. The fourth-order valence-electron chi connectivity index (χ4n) is 2.68. The number of halogens is 2. The van der Waals surface area contributed by atoms with Crippen molar-refractivity contribution < 1.29 is 4.79 Å². The molecule has 126 valence electrons. The lowest BCUT2D eigenvalue weighted by molar-refractivity contribution is -0.120. The largest absolute Gasteiger partial charge is 0.320 e. The number of allylic oxidation sites excluding steroid dienone is 1. The molecule has 0 radical (unpaired) electrons. The van der Waals surface area contributed by atoms with Crippen LogP contribution in [0.1, 0.15) is 23.5 Å². The van der Waals surface area contributed by atoms with Crippen molar-refractivity contribution in [2.24, 2.45) is 0 Å². The highest BCUT2D eigenvalue weighted by atomic mass is 79.9. The first-order valence-corrected chi connectivity index (χ1v) is 9.79. The van der Waals surface area contributed by atoms with Gasteiger partial charge in [-0.2, -0.15) is 5.26 Å². The maximum atomic E-state index is 12.2. The third kappa shape index (κ3) is 4.46. The minimum Gasteiger partial charge on any atom is -0.320 e. The number of rotatable bonds is 4. The van der Waals surface area contributed by atoms with Crippen LogP contribution >= 0.6 is 39.3 Å². The van der Waals surface area contributed by atoms with Crippen molar-refractivity contribution in [1.29, 1.82) is 5.26 Å². The summed E-state index contributed by atoms with van der Waals surface area (Å²) < 4.78 is 0.934. The molecular formula is C19H14BrClN2OS. The summed E-state index contributed by atoms with van der Waals surface area (Å²) in [7, 11) is 0. The van der Waals surface area contributed by atoms with Gasteiger partial charge in [0.1, 0.15) is 0 Å². The van der Waals surface area contributed by atoms with E-state index in [0.717, 1.165) is 15.6 Å². The molecular weight excluding hydrogens is 420 g/mol. The van der Waals surface area contributed by atoms with E-state index in [0.29, 0.717) is 21.4 Å². The summed E-state index contributed by atoms with van der Waals surface area (Å²) in [5, 5.41) is 13.9. The van der Waals surface area contributed by atoms with Crippen molar-refractivity contribution in [1.82, 2.24) is 5.32 Å². The molecule has 0 saturated carbocycles. The van der Waals surface area contributed by atoms with Crippen molar-refractivity contribution >= 4 is 45.2 Å². The summed E-state index contributed by atoms with van der Waals surface area (Å²) in [5.74, 6) is 0.370. The molecule has 3 nitrogen and oxygen atoms in total. The number of nitrogens with one attached hydrogen (secondary N) is 1. The third-order valence-electron chi connectivity index (χ3n) is 3.90. The van der Waals surface area contributed by atoms with E-state index in [4.69, 9.17) is 11.6 Å². The van der Waals surface area contributed by atoms with Crippen LogP contribution in [0, 0.1) is 11.3 Å². The second-order valence-corrected chi connectivity index (χ2v) is 7.97. The highest BCUT2D eigenvalue weighted by Crippen LogP contribution is 2.37. The predicted octanol–water partition coefficient (Wildman–Crippen LogP) is 5.37. The first-order chi connectivity index (χ1) is 12.1. The lowest BCUT2D eigenvalue weighted by Gasteiger charge is -2.25. The zero-order chi connectivity index (χ0) is 17.8. The lowest BCUT2D eigenvalue weighted by atomic mass is 9.87. The zero-order valence-corrected chi connectivity index (χ0v) is 16.3. The van der Waals surface area contributed by atoms with Crippen LogP contribution in [0.2, 0.25) is 5.02 Å². The highest BCUT2D eigenvalue weighted by molar-refractivity contribution is 9.10. The van der Waals surface area contributed by atoms with Gasteiger partial charge in [-0.15, -0.1) is 11.8 Å². The van der Waals surface area contributed by atoms with E-state index in [1.54, 1.807) is 0 Å². The fourth-order valence-corrected chi connectivity index (χ4v) is 4.25. The summed E-state index contributed by atoms with van der Waals surface area (Å²) in [6, 6.07) is 17.6. The Balaban J connectivity index is 1.87. The van der Waals surface area contributed by atoms with Crippen LogP contribution < -0.4 is 5.32 Å². The normalized spacial score (nSPS) is 17.2. The van der Waals surface area contributed by atoms with Gasteiger partial charge in [0.15, 0.2) is 0 Å². The molecule has 0 unspecified atom stereocenters. The summed E-state index contributed by atoms with van der Waals surface area (Å²) in [6.07, 6.45) is 0.282. The lowest BCUT2D eigenvalue weighted by Crippen LogP contribution is -2.30. The van der Waals surface area contributed by atoms with Crippen molar-refractivity contribution in [3.8, 4) is 6.07 Å². The molecule has 1 atom stereocenters. The zero-order valence-electron chi connectivity index (χ0n) is 13.1. The second kappa shape index (κ2) is 8.09. The summed E-state index contributed by atoms with van der Waals surface area (Å²) in [5.41, 5.74) is 2.65. The van der Waals surface area contributed by atoms with Gasteiger partial charge in [-0.1, -0.05) is 51.8 Å². The molecule has 0 aromatic heterocycles. The number of nitriles is 1. The van der Waals surface area contributed by atoms with Gasteiger partial charge in [0.05, 0.1) is 16.7 Å². The minimum atomic E-state index is -0.219. The van der Waals surface area contributed by atoms with Crippen molar-refractivity contribution in [2.45, 2.75) is 18.1 Å². The van der Waals surface area contributed by atoms with E-state index in [1.165, 1.54) is 11.8 Å². The Labute approximate surface area is 164 Å². The van der Waals surface area contributed by atoms with Crippen LogP contribution in [-0.2, 0) is 10.5 Å². The average molecular weight is 434 g/mol. The van der Waals surface area contributed by atoms with E-state index < -0.39 is 0 Å². The van der Waals surface area contributed by atoms with E-state index in [-0.39, 0.29) is 18.2 Å². The molecule has 0 fully saturated rings. The molecule has 6 heteroatoms. The number of amides is 1. The maximum Gasteiger partial charge on any atom is 0.225 e. The Bertz CT molecular complexity index is 874. The number of hydrogen-bond acceptors (Lipinski definition) is 3. The number of carbonyl (C=O) groups excluding carboxylic acids is 1. The van der Waals surface area contributed by atoms with Gasteiger partial charge in [0.2, 0.25) is 5.91 Å². The first-order valence-electron chi connectivity index (χ1n) is 7.63. The van der Waals surface area contributed by atoms with E-state index in [2.05, 4.69) is 27.3 Å². The van der Waals surface area contributed by atoms with Crippen molar-refractivity contribution in [3.63, 3.8) is 0 Å². The van der Waals surface area contributed by atoms with Gasteiger partial charge in [0.25, 0.3) is 0 Å². The van der Waals surface area contributed by atoms with Crippen LogP contribution in [0.5, 0.6) is 0 Å². The highest BCUT2D eigenvalue weighted by Gasteiger charge is 2.29. The molecule has 0 bridgehead atoms. The maximum absolute atomic E-state index is 12.2. The summed E-state index contributed by atoms with van der Waals surface area (Å²) in [6.45, 7) is 0. The number of thioether (sulfide) groups is 1. The quantitative estimate of drug-likeness (QED) is 0.705. The van der Waals surface area contributed by atoms with Gasteiger partial charge in [-0.25, -0.2) is 0 Å². The van der Waals surface area contributed by atoms with Crippen molar-refractivity contribution in [2.75, 3.05) is 0 Å². The minimum absolute atomic E-state index is 0.0671. The Morgan fingerprint density at radius 1 is 1.28 bits per heavy atom.